The normalized spacial score (nSPS) is 11.2. The van der Waals surface area contributed by atoms with Crippen molar-refractivity contribution in [3.63, 3.8) is 0 Å². The smallest absolute Gasteiger partial charge is 0.0853 e. The number of hydrogen-bond donors (Lipinski definition) is 1. The lowest BCUT2D eigenvalue weighted by Gasteiger charge is -2.04. The fourth-order valence-corrected chi connectivity index (χ4v) is 3.74. The molecule has 1 aromatic carbocycles. The lowest BCUT2D eigenvalue weighted by molar-refractivity contribution is 0.746. The van der Waals surface area contributed by atoms with Gasteiger partial charge in [0.1, 0.15) is 0 Å². The molecule has 0 aliphatic carbocycles. The Morgan fingerprint density at radius 1 is 1.35 bits per heavy atom. The lowest BCUT2D eigenvalue weighted by Crippen LogP contribution is -1.99. The van der Waals surface area contributed by atoms with Gasteiger partial charge in [0.25, 0.3) is 0 Å². The molecule has 104 valence electrons. The van der Waals surface area contributed by atoms with Gasteiger partial charge in [0.05, 0.1) is 22.9 Å². The maximum atomic E-state index is 6.45. The highest BCUT2D eigenvalue weighted by molar-refractivity contribution is 7.19. The Balaban J connectivity index is 1.84. The van der Waals surface area contributed by atoms with Gasteiger partial charge < -0.3 is 5.32 Å². The number of nitrogens with zero attached hydrogens (tertiary/aromatic N) is 2. The molecule has 0 saturated heterocycles. The Bertz CT molecular complexity index is 745. The molecular weight excluding hydrogens is 290 g/mol. The third-order valence-electron chi connectivity index (χ3n) is 3.28. The lowest BCUT2D eigenvalue weighted by atomic mass is 10.2. The summed E-state index contributed by atoms with van der Waals surface area (Å²) in [5.41, 5.74) is 2.17. The minimum atomic E-state index is 0.733. The predicted octanol–water partition coefficient (Wildman–Crippen LogP) is 4.46. The molecule has 0 aliphatic heterocycles. The number of benzene rings is 1. The van der Waals surface area contributed by atoms with Crippen molar-refractivity contribution in [1.29, 1.82) is 0 Å². The molecule has 0 aliphatic rings. The van der Waals surface area contributed by atoms with Crippen LogP contribution in [0.5, 0.6) is 0 Å². The highest BCUT2D eigenvalue weighted by Gasteiger charge is 2.11. The Labute approximate surface area is 127 Å². The summed E-state index contributed by atoms with van der Waals surface area (Å²) < 4.78 is 3.07. The maximum Gasteiger partial charge on any atom is 0.0853 e. The molecule has 0 bridgehead atoms. The van der Waals surface area contributed by atoms with Gasteiger partial charge in [-0.3, -0.25) is 4.68 Å². The number of hydrogen-bond acceptors (Lipinski definition) is 3. The first-order valence-electron chi connectivity index (χ1n) is 6.61. The molecule has 0 spiro atoms. The predicted molar refractivity (Wildman–Crippen MR) is 86.7 cm³/mol. The fourth-order valence-electron chi connectivity index (χ4n) is 2.30. The molecule has 3 aromatic rings. The first-order valence-corrected chi connectivity index (χ1v) is 7.80. The molecule has 0 fully saturated rings. The first kappa shape index (κ1) is 13.5. The van der Waals surface area contributed by atoms with E-state index < -0.39 is 0 Å². The number of aryl methyl sites for hydroxylation is 2. The molecular formula is C15H16ClN3S. The van der Waals surface area contributed by atoms with Crippen molar-refractivity contribution in [1.82, 2.24) is 9.78 Å². The van der Waals surface area contributed by atoms with Crippen molar-refractivity contribution in [2.45, 2.75) is 19.9 Å². The number of anilines is 1. The highest BCUT2D eigenvalue weighted by atomic mass is 35.5. The summed E-state index contributed by atoms with van der Waals surface area (Å²) in [5.74, 6) is 0. The standard InChI is InChI=1S/C15H16ClN3S/c1-3-11-12(9-19(2)18-11)17-8-14-15(16)10-6-4-5-7-13(10)20-14/h4-7,9,17H,3,8H2,1-2H3. The van der Waals surface area contributed by atoms with Gasteiger partial charge in [-0.1, -0.05) is 36.7 Å². The number of halogens is 1. The van der Waals surface area contributed by atoms with Crippen molar-refractivity contribution in [2.24, 2.45) is 7.05 Å². The zero-order valence-electron chi connectivity index (χ0n) is 11.5. The first-order chi connectivity index (χ1) is 9.69. The van der Waals surface area contributed by atoms with Crippen molar-refractivity contribution >= 4 is 38.7 Å². The van der Waals surface area contributed by atoms with Gasteiger partial charge in [0.2, 0.25) is 0 Å². The maximum absolute atomic E-state index is 6.45. The van der Waals surface area contributed by atoms with E-state index in [9.17, 15) is 0 Å². The molecule has 0 radical (unpaired) electrons. The van der Waals surface area contributed by atoms with E-state index in [-0.39, 0.29) is 0 Å². The molecule has 2 aromatic heterocycles. The van der Waals surface area contributed by atoms with Crippen molar-refractivity contribution < 1.29 is 0 Å². The molecule has 20 heavy (non-hydrogen) atoms. The second kappa shape index (κ2) is 5.46. The number of nitrogens with one attached hydrogen (secondary N) is 1. The van der Waals surface area contributed by atoms with E-state index >= 15 is 0 Å². The molecule has 0 amide bonds. The SMILES string of the molecule is CCc1nn(C)cc1NCc1sc2ccccc2c1Cl. The number of aromatic nitrogens is 2. The molecule has 2 heterocycles. The topological polar surface area (TPSA) is 29.9 Å². The second-order valence-electron chi connectivity index (χ2n) is 4.71. The van der Waals surface area contributed by atoms with E-state index in [2.05, 4.69) is 29.5 Å². The van der Waals surface area contributed by atoms with Crippen LogP contribution in [0, 0.1) is 0 Å². The summed E-state index contributed by atoms with van der Waals surface area (Å²) in [6.45, 7) is 2.84. The van der Waals surface area contributed by atoms with Gasteiger partial charge in [-0.25, -0.2) is 0 Å². The van der Waals surface area contributed by atoms with E-state index in [0.29, 0.717) is 0 Å². The van der Waals surface area contributed by atoms with Gasteiger partial charge in [-0.05, 0) is 12.5 Å². The van der Waals surface area contributed by atoms with Gasteiger partial charge in [0, 0.05) is 28.2 Å². The minimum absolute atomic E-state index is 0.733. The molecule has 5 heteroatoms. The highest BCUT2D eigenvalue weighted by Crippen LogP contribution is 2.35. The third kappa shape index (κ3) is 2.41. The summed E-state index contributed by atoms with van der Waals surface area (Å²) in [4.78, 5) is 1.17. The Kier molecular flexibility index (Phi) is 3.68. The van der Waals surface area contributed by atoms with Crippen LogP contribution >= 0.6 is 22.9 Å². The summed E-state index contributed by atoms with van der Waals surface area (Å²) in [7, 11) is 1.94. The Hall–Kier alpha value is -1.52. The summed E-state index contributed by atoms with van der Waals surface area (Å²) in [6, 6.07) is 8.24. The average molecular weight is 306 g/mol. The second-order valence-corrected chi connectivity index (χ2v) is 6.22. The molecule has 0 unspecified atom stereocenters. The van der Waals surface area contributed by atoms with E-state index in [1.165, 1.54) is 9.58 Å². The van der Waals surface area contributed by atoms with Gasteiger partial charge in [-0.15, -0.1) is 11.3 Å². The monoisotopic (exact) mass is 305 g/mol. The summed E-state index contributed by atoms with van der Waals surface area (Å²) in [6.07, 6.45) is 2.93. The summed E-state index contributed by atoms with van der Waals surface area (Å²) in [5, 5.41) is 9.87. The van der Waals surface area contributed by atoms with Crippen LogP contribution in [0.4, 0.5) is 5.69 Å². The zero-order valence-corrected chi connectivity index (χ0v) is 13.1. The molecule has 3 rings (SSSR count). The molecule has 0 atom stereocenters. The van der Waals surface area contributed by atoms with Crippen molar-refractivity contribution in [2.75, 3.05) is 5.32 Å². The number of rotatable bonds is 4. The van der Waals surface area contributed by atoms with Gasteiger partial charge in [-0.2, -0.15) is 5.10 Å². The van der Waals surface area contributed by atoms with Crippen LogP contribution in [-0.4, -0.2) is 9.78 Å². The summed E-state index contributed by atoms with van der Waals surface area (Å²) >= 11 is 8.19. The van der Waals surface area contributed by atoms with Crippen LogP contribution in [0.3, 0.4) is 0 Å². The third-order valence-corrected chi connectivity index (χ3v) is 5.00. The molecule has 0 saturated carbocycles. The van der Waals surface area contributed by atoms with Crippen LogP contribution in [0.25, 0.3) is 10.1 Å². The van der Waals surface area contributed by atoms with E-state index in [0.717, 1.165) is 34.8 Å². The van der Waals surface area contributed by atoms with Crippen LogP contribution in [0.15, 0.2) is 30.5 Å². The van der Waals surface area contributed by atoms with E-state index in [1.807, 2.05) is 30.1 Å². The molecule has 3 nitrogen and oxygen atoms in total. The number of thiophene rings is 1. The van der Waals surface area contributed by atoms with Crippen LogP contribution in [-0.2, 0) is 20.0 Å². The van der Waals surface area contributed by atoms with Gasteiger partial charge >= 0.3 is 0 Å². The van der Waals surface area contributed by atoms with Crippen molar-refractivity contribution in [3.05, 3.63) is 46.1 Å². The van der Waals surface area contributed by atoms with Crippen LogP contribution < -0.4 is 5.32 Å². The number of fused-ring (bicyclic) bond motifs is 1. The minimum Gasteiger partial charge on any atom is -0.377 e. The van der Waals surface area contributed by atoms with Gasteiger partial charge in [0.15, 0.2) is 0 Å². The van der Waals surface area contributed by atoms with Crippen molar-refractivity contribution in [3.8, 4) is 0 Å². The molecule has 1 N–H and O–H groups in total. The van der Waals surface area contributed by atoms with E-state index in [4.69, 9.17) is 11.6 Å². The fraction of sp³-hybridized carbons (Fsp3) is 0.267. The van der Waals surface area contributed by atoms with Crippen LogP contribution in [0.1, 0.15) is 17.5 Å². The average Bonchev–Trinajstić information content (AvgIpc) is 2.97. The quantitative estimate of drug-likeness (QED) is 0.771. The zero-order chi connectivity index (χ0) is 14.1. The van der Waals surface area contributed by atoms with Crippen LogP contribution in [0.2, 0.25) is 5.02 Å². The Morgan fingerprint density at radius 3 is 2.90 bits per heavy atom. The van der Waals surface area contributed by atoms with E-state index in [1.54, 1.807) is 11.3 Å². The Morgan fingerprint density at radius 2 is 2.15 bits per heavy atom. The largest absolute Gasteiger partial charge is 0.377 e.